The molecule has 0 aromatic heterocycles. The van der Waals surface area contributed by atoms with Crippen molar-refractivity contribution in [2.24, 2.45) is 5.92 Å². The summed E-state index contributed by atoms with van der Waals surface area (Å²) in [4.78, 5) is 12.0. The Hall–Kier alpha value is -1.15. The first-order valence-electron chi connectivity index (χ1n) is 8.11. The summed E-state index contributed by atoms with van der Waals surface area (Å²) in [5.41, 5.74) is 1.24. The first kappa shape index (κ1) is 17.9. The van der Waals surface area contributed by atoms with Crippen LogP contribution in [0.3, 0.4) is 0 Å². The summed E-state index contributed by atoms with van der Waals surface area (Å²) in [5.74, 6) is 0.529. The van der Waals surface area contributed by atoms with Crippen LogP contribution in [0.1, 0.15) is 39.5 Å². The lowest BCUT2D eigenvalue weighted by atomic mass is 9.95. The van der Waals surface area contributed by atoms with Crippen LogP contribution >= 0.6 is 0 Å². The van der Waals surface area contributed by atoms with Crippen molar-refractivity contribution in [2.75, 3.05) is 0 Å². The smallest absolute Gasteiger partial charge is 0.136 e. The lowest BCUT2D eigenvalue weighted by Gasteiger charge is -2.25. The number of carbonyl (C=O) groups is 1. The van der Waals surface area contributed by atoms with Crippen molar-refractivity contribution in [1.29, 1.82) is 0 Å². The van der Waals surface area contributed by atoms with Crippen LogP contribution in [0.2, 0.25) is 19.1 Å². The zero-order chi connectivity index (χ0) is 15.9. The van der Waals surface area contributed by atoms with Gasteiger partial charge in [0.25, 0.3) is 0 Å². The maximum absolute atomic E-state index is 12.0. The van der Waals surface area contributed by atoms with Gasteiger partial charge in [0, 0.05) is 12.3 Å². The van der Waals surface area contributed by atoms with Gasteiger partial charge in [0.2, 0.25) is 0 Å². The average molecular weight is 303 g/mol. The second-order valence-corrected chi connectivity index (χ2v) is 11.6. The van der Waals surface area contributed by atoms with E-state index in [1.165, 1.54) is 10.8 Å². The van der Waals surface area contributed by atoms with E-state index in [-0.39, 0.29) is 5.92 Å². The molecule has 0 radical (unpaired) electrons. The van der Waals surface area contributed by atoms with Crippen LogP contribution in [-0.4, -0.2) is 13.9 Å². The number of ketones is 1. The van der Waals surface area contributed by atoms with E-state index < -0.39 is 8.07 Å². The lowest BCUT2D eigenvalue weighted by Crippen LogP contribution is -2.41. The van der Waals surface area contributed by atoms with E-state index in [1.54, 1.807) is 0 Å². The molecule has 1 rings (SSSR count). The van der Waals surface area contributed by atoms with Crippen LogP contribution < -0.4 is 5.19 Å². The molecule has 0 bridgehead atoms. The lowest BCUT2D eigenvalue weighted by molar-refractivity contribution is -0.122. The molecule has 0 aliphatic carbocycles. The molecular weight excluding hydrogens is 272 g/mol. The predicted octanol–water partition coefficient (Wildman–Crippen LogP) is 4.94. The zero-order valence-electron chi connectivity index (χ0n) is 14.1. The van der Waals surface area contributed by atoms with Gasteiger partial charge in [-0.25, -0.2) is 0 Å². The Labute approximate surface area is 131 Å². The Morgan fingerprint density at radius 1 is 1.24 bits per heavy atom. The summed E-state index contributed by atoms with van der Waals surface area (Å²) in [5, 5.41) is 1.47. The van der Waals surface area contributed by atoms with Crippen LogP contribution in [0.5, 0.6) is 0 Å². The number of allylic oxidation sites excluding steroid dienone is 1. The van der Waals surface area contributed by atoms with Crippen LogP contribution in [0.4, 0.5) is 0 Å². The largest absolute Gasteiger partial charge is 0.299 e. The van der Waals surface area contributed by atoms with Crippen molar-refractivity contribution in [3.05, 3.63) is 42.5 Å². The van der Waals surface area contributed by atoms with Gasteiger partial charge in [0.15, 0.2) is 0 Å². The SMILES string of the molecule is C=C(CC(C)C(=O)CCCC)C[Si](C)(C)c1ccccc1. The Kier molecular flexibility index (Phi) is 7.10. The topological polar surface area (TPSA) is 17.1 Å². The standard InChI is InChI=1S/C19H30OSi/c1-6-7-13-19(20)17(3)14-16(2)15-21(4,5)18-11-9-8-10-12-18/h8-12,17H,2,6-7,13-15H2,1,3-5H3. The highest BCUT2D eigenvalue weighted by Gasteiger charge is 2.25. The highest BCUT2D eigenvalue weighted by molar-refractivity contribution is 6.90. The Morgan fingerprint density at radius 2 is 1.86 bits per heavy atom. The quantitative estimate of drug-likeness (QED) is 0.466. The molecule has 1 nitrogen and oxygen atoms in total. The second kappa shape index (κ2) is 8.33. The number of Topliss-reactive ketones (excluding diaryl/α,β-unsaturated/α-hetero) is 1. The van der Waals surface area contributed by atoms with Crippen LogP contribution in [0.15, 0.2) is 42.5 Å². The van der Waals surface area contributed by atoms with Gasteiger partial charge in [0.05, 0.1) is 8.07 Å². The van der Waals surface area contributed by atoms with E-state index in [4.69, 9.17) is 0 Å². The molecule has 1 aromatic carbocycles. The highest BCUT2D eigenvalue weighted by Crippen LogP contribution is 2.22. The predicted molar refractivity (Wildman–Crippen MR) is 95.8 cm³/mol. The van der Waals surface area contributed by atoms with Gasteiger partial charge in [-0.3, -0.25) is 4.79 Å². The summed E-state index contributed by atoms with van der Waals surface area (Å²) in [6.45, 7) is 13.2. The van der Waals surface area contributed by atoms with Crippen molar-refractivity contribution >= 4 is 19.0 Å². The first-order chi connectivity index (χ1) is 9.86. The zero-order valence-corrected chi connectivity index (χ0v) is 15.1. The van der Waals surface area contributed by atoms with E-state index >= 15 is 0 Å². The summed E-state index contributed by atoms with van der Waals surface area (Å²) in [6.07, 6.45) is 3.68. The Balaban J connectivity index is 2.55. The molecule has 1 unspecified atom stereocenters. The minimum absolute atomic E-state index is 0.129. The van der Waals surface area contributed by atoms with E-state index in [9.17, 15) is 4.79 Å². The number of hydrogen-bond acceptors (Lipinski definition) is 1. The minimum atomic E-state index is -1.48. The fourth-order valence-electron chi connectivity index (χ4n) is 2.83. The average Bonchev–Trinajstić information content (AvgIpc) is 2.44. The fourth-order valence-corrected chi connectivity index (χ4v) is 5.53. The normalized spacial score (nSPS) is 13.0. The maximum Gasteiger partial charge on any atom is 0.136 e. The van der Waals surface area contributed by atoms with Gasteiger partial charge in [-0.15, -0.1) is 6.58 Å². The van der Waals surface area contributed by atoms with E-state index in [0.717, 1.165) is 31.7 Å². The van der Waals surface area contributed by atoms with Crippen molar-refractivity contribution < 1.29 is 4.79 Å². The molecule has 0 fully saturated rings. The van der Waals surface area contributed by atoms with Crippen molar-refractivity contribution in [1.82, 2.24) is 0 Å². The fraction of sp³-hybridized carbons (Fsp3) is 0.526. The van der Waals surface area contributed by atoms with Gasteiger partial charge in [0.1, 0.15) is 5.78 Å². The molecule has 0 saturated heterocycles. The molecule has 2 heteroatoms. The summed E-state index contributed by atoms with van der Waals surface area (Å²) >= 11 is 0. The summed E-state index contributed by atoms with van der Waals surface area (Å²) in [7, 11) is -1.48. The Bertz CT molecular complexity index is 462. The number of benzene rings is 1. The van der Waals surface area contributed by atoms with Gasteiger partial charge >= 0.3 is 0 Å². The molecule has 116 valence electrons. The molecule has 0 aliphatic heterocycles. The van der Waals surface area contributed by atoms with Crippen LogP contribution in [-0.2, 0) is 4.79 Å². The van der Waals surface area contributed by atoms with Crippen molar-refractivity contribution in [3.8, 4) is 0 Å². The van der Waals surface area contributed by atoms with Gasteiger partial charge in [-0.05, 0) is 18.9 Å². The molecule has 0 N–H and O–H groups in total. The van der Waals surface area contributed by atoms with Crippen molar-refractivity contribution in [2.45, 2.75) is 58.7 Å². The molecule has 0 amide bonds. The maximum atomic E-state index is 12.0. The second-order valence-electron chi connectivity index (χ2n) is 6.85. The number of unbranched alkanes of at least 4 members (excludes halogenated alkanes) is 1. The molecule has 1 aromatic rings. The van der Waals surface area contributed by atoms with Crippen LogP contribution in [0.25, 0.3) is 0 Å². The third-order valence-electron chi connectivity index (χ3n) is 4.17. The third kappa shape index (κ3) is 6.00. The highest BCUT2D eigenvalue weighted by atomic mass is 28.3. The van der Waals surface area contributed by atoms with Gasteiger partial charge in [-0.1, -0.05) is 74.5 Å². The minimum Gasteiger partial charge on any atom is -0.299 e. The Morgan fingerprint density at radius 3 is 2.43 bits per heavy atom. The summed E-state index contributed by atoms with van der Waals surface area (Å²) < 4.78 is 0. The number of rotatable bonds is 9. The molecule has 1 atom stereocenters. The third-order valence-corrected chi connectivity index (χ3v) is 7.45. The molecule has 21 heavy (non-hydrogen) atoms. The van der Waals surface area contributed by atoms with E-state index in [0.29, 0.717) is 5.78 Å². The molecular formula is C19H30OSi. The van der Waals surface area contributed by atoms with Crippen LogP contribution in [0, 0.1) is 5.92 Å². The molecule has 0 saturated carbocycles. The first-order valence-corrected chi connectivity index (χ1v) is 11.3. The molecule has 0 aliphatic rings. The van der Waals surface area contributed by atoms with Gasteiger partial charge < -0.3 is 0 Å². The summed E-state index contributed by atoms with van der Waals surface area (Å²) in [6, 6.07) is 11.8. The number of hydrogen-bond donors (Lipinski definition) is 0. The van der Waals surface area contributed by atoms with Crippen molar-refractivity contribution in [3.63, 3.8) is 0 Å². The number of carbonyl (C=O) groups excluding carboxylic acids is 1. The monoisotopic (exact) mass is 302 g/mol. The van der Waals surface area contributed by atoms with E-state index in [1.807, 2.05) is 0 Å². The van der Waals surface area contributed by atoms with Gasteiger partial charge in [-0.2, -0.15) is 0 Å². The van der Waals surface area contributed by atoms with E-state index in [2.05, 4.69) is 63.9 Å². The molecule has 0 spiro atoms. The molecule has 0 heterocycles.